The molecule has 0 spiro atoms. The van der Waals surface area contributed by atoms with Crippen LogP contribution >= 0.6 is 15.9 Å². The van der Waals surface area contributed by atoms with Gasteiger partial charge in [-0.05, 0) is 86.2 Å². The molecular formula is C33H51BrN2O10Si. The number of nitro benzene ring substituents is 2. The minimum absolute atomic E-state index is 0.0526. The number of hydrogen-bond donors (Lipinski definition) is 2. The molecule has 0 amide bonds. The van der Waals surface area contributed by atoms with Crippen LogP contribution in [0.15, 0.2) is 40.3 Å². The molecule has 0 heterocycles. The smallest absolute Gasteiger partial charge is 0.315 e. The third-order valence-corrected chi connectivity index (χ3v) is 7.98. The second-order valence-corrected chi connectivity index (χ2v) is 19.8. The van der Waals surface area contributed by atoms with Gasteiger partial charge in [0, 0.05) is 22.3 Å². The van der Waals surface area contributed by atoms with Crippen LogP contribution in [0.3, 0.4) is 0 Å². The highest BCUT2D eigenvalue weighted by Gasteiger charge is 2.37. The van der Waals surface area contributed by atoms with E-state index in [2.05, 4.69) is 35.6 Å². The zero-order valence-corrected chi connectivity index (χ0v) is 32.8. The van der Waals surface area contributed by atoms with E-state index < -0.39 is 35.0 Å². The van der Waals surface area contributed by atoms with Crippen LogP contribution in [0.4, 0.5) is 11.4 Å². The van der Waals surface area contributed by atoms with Crippen molar-refractivity contribution in [3.05, 3.63) is 77.2 Å². The lowest BCUT2D eigenvalue weighted by atomic mass is 9.78. The highest BCUT2D eigenvalue weighted by Crippen LogP contribution is 2.41. The van der Waals surface area contributed by atoms with Crippen LogP contribution in [-0.2, 0) is 34.9 Å². The van der Waals surface area contributed by atoms with Crippen molar-refractivity contribution in [3.8, 4) is 11.5 Å². The fourth-order valence-electron chi connectivity index (χ4n) is 4.12. The number of esters is 1. The van der Waals surface area contributed by atoms with Gasteiger partial charge in [-0.3, -0.25) is 25.0 Å². The molecule has 2 N–H and O–H groups in total. The average Bonchev–Trinajstić information content (AvgIpc) is 2.90. The van der Waals surface area contributed by atoms with Crippen molar-refractivity contribution in [2.75, 3.05) is 14.2 Å². The first-order valence-corrected chi connectivity index (χ1v) is 18.9. The molecule has 47 heavy (non-hydrogen) atoms. The molecule has 0 aromatic heterocycles. The monoisotopic (exact) mass is 742 g/mol. The molecule has 2 aromatic carbocycles. The van der Waals surface area contributed by atoms with Crippen molar-refractivity contribution < 1.29 is 38.8 Å². The number of phenols is 2. The number of benzene rings is 2. The first-order chi connectivity index (χ1) is 21.0. The molecule has 0 aliphatic rings. The van der Waals surface area contributed by atoms with Crippen LogP contribution in [-0.4, -0.2) is 48.6 Å². The zero-order valence-electron chi connectivity index (χ0n) is 30.2. The van der Waals surface area contributed by atoms with Gasteiger partial charge >= 0.3 is 5.97 Å². The number of ether oxygens (including phenoxy) is 2. The number of aromatic hydroxyl groups is 2. The Balaban J connectivity index is 0.000000715. The zero-order chi connectivity index (χ0) is 37.5. The SMILES string of the molecule is CC(C)(C)c1cc(Br)c(O)cc1[N+](=O)[O-].COC(=O)C(C)(C)c1cc(C(C)(C)C)c([N+](=O)[O-])cc1O.COC(O[Si](C)(C)C)=C(C)C. The number of carbonyl (C=O) groups is 1. The Labute approximate surface area is 287 Å². The summed E-state index contributed by atoms with van der Waals surface area (Å²) in [4.78, 5) is 32.9. The van der Waals surface area contributed by atoms with E-state index in [1.165, 1.54) is 19.2 Å². The lowest BCUT2D eigenvalue weighted by Gasteiger charge is -2.26. The fraction of sp³-hybridized carbons (Fsp3) is 0.545. The summed E-state index contributed by atoms with van der Waals surface area (Å²) in [5.41, 5.74) is 0.297. The number of methoxy groups -OCH3 is 2. The average molecular weight is 744 g/mol. The van der Waals surface area contributed by atoms with E-state index in [0.717, 1.165) is 11.6 Å². The van der Waals surface area contributed by atoms with Crippen molar-refractivity contribution in [1.82, 2.24) is 0 Å². The van der Waals surface area contributed by atoms with E-state index in [1.54, 1.807) is 27.0 Å². The number of nitrogens with zero attached hydrogens (tertiary/aromatic N) is 2. The van der Waals surface area contributed by atoms with Crippen molar-refractivity contribution >= 4 is 41.6 Å². The first kappa shape index (κ1) is 43.3. The number of carbonyl (C=O) groups excluding carboxylic acids is 1. The molecule has 14 heteroatoms. The van der Waals surface area contributed by atoms with Crippen molar-refractivity contribution in [1.29, 1.82) is 0 Å². The largest absolute Gasteiger partial charge is 0.520 e. The Morgan fingerprint density at radius 2 is 1.15 bits per heavy atom. The van der Waals surface area contributed by atoms with Crippen LogP contribution in [0.25, 0.3) is 0 Å². The van der Waals surface area contributed by atoms with Gasteiger partial charge in [0.05, 0.1) is 46.1 Å². The summed E-state index contributed by atoms with van der Waals surface area (Å²) >= 11 is 3.15. The fourth-order valence-corrected chi connectivity index (χ4v) is 5.31. The van der Waals surface area contributed by atoms with Crippen LogP contribution < -0.4 is 0 Å². The number of allylic oxidation sites excluding steroid dienone is 1. The van der Waals surface area contributed by atoms with Crippen LogP contribution in [0.1, 0.15) is 85.9 Å². The Kier molecular flexibility index (Phi) is 15.2. The molecule has 2 rings (SSSR count). The number of halogens is 1. The second-order valence-electron chi connectivity index (χ2n) is 14.5. The first-order valence-electron chi connectivity index (χ1n) is 14.7. The summed E-state index contributed by atoms with van der Waals surface area (Å²) in [6.07, 6.45) is 0. The summed E-state index contributed by atoms with van der Waals surface area (Å²) < 4.78 is 15.9. The summed E-state index contributed by atoms with van der Waals surface area (Å²) in [5.74, 6) is -0.240. The van der Waals surface area contributed by atoms with Gasteiger partial charge in [-0.15, -0.1) is 0 Å². The molecule has 0 saturated heterocycles. The molecule has 0 fully saturated rings. The molecule has 0 atom stereocenters. The summed E-state index contributed by atoms with van der Waals surface area (Å²) in [6.45, 7) is 24.7. The van der Waals surface area contributed by atoms with Gasteiger partial charge in [-0.2, -0.15) is 0 Å². The molecule has 0 aliphatic carbocycles. The standard InChI is InChI=1S/C15H21NO5.C10H12BrNO3.C8H18O2Si/c1-14(2,3)9-7-10(15(4,5)13(18)21-6)12(17)8-11(9)16(19)20;1-10(2,3)6-4-7(11)9(13)5-8(6)12(14)15;1-7(2)8(9-3)10-11(4,5)6/h7-8,17H,1-6H3;4-5,13H,1-3H3;1-6H3. The van der Waals surface area contributed by atoms with Crippen LogP contribution in [0, 0.1) is 20.2 Å². The van der Waals surface area contributed by atoms with Gasteiger partial charge < -0.3 is 24.1 Å². The molecule has 12 nitrogen and oxygen atoms in total. The van der Waals surface area contributed by atoms with E-state index in [9.17, 15) is 35.2 Å². The second kappa shape index (κ2) is 16.4. The Morgan fingerprint density at radius 1 is 0.745 bits per heavy atom. The predicted molar refractivity (Wildman–Crippen MR) is 189 cm³/mol. The third-order valence-electron chi connectivity index (χ3n) is 6.55. The molecule has 264 valence electrons. The minimum atomic E-state index is -1.49. The maximum Gasteiger partial charge on any atom is 0.315 e. The van der Waals surface area contributed by atoms with Gasteiger partial charge in [-0.25, -0.2) is 0 Å². The van der Waals surface area contributed by atoms with Crippen molar-refractivity contribution in [2.45, 2.75) is 105 Å². The molecule has 0 unspecified atom stereocenters. The van der Waals surface area contributed by atoms with Gasteiger partial charge in [0.25, 0.3) is 17.3 Å². The number of phenolic OH excluding ortho intramolecular Hbond substituents is 2. The number of nitro groups is 2. The highest BCUT2D eigenvalue weighted by molar-refractivity contribution is 9.10. The lowest BCUT2D eigenvalue weighted by molar-refractivity contribution is -0.386. The van der Waals surface area contributed by atoms with Gasteiger partial charge in [0.15, 0.2) is 0 Å². The summed E-state index contributed by atoms with van der Waals surface area (Å²) in [6, 6.07) is 5.38. The van der Waals surface area contributed by atoms with E-state index in [1.807, 2.05) is 55.4 Å². The maximum absolute atomic E-state index is 11.9. The van der Waals surface area contributed by atoms with Gasteiger partial charge in [-0.1, -0.05) is 41.5 Å². The van der Waals surface area contributed by atoms with Crippen LogP contribution in [0.2, 0.25) is 19.6 Å². The number of rotatable bonds is 7. The van der Waals surface area contributed by atoms with E-state index in [4.69, 9.17) is 13.9 Å². The van der Waals surface area contributed by atoms with E-state index in [0.29, 0.717) is 27.1 Å². The molecule has 2 aromatic rings. The molecule has 0 radical (unpaired) electrons. The van der Waals surface area contributed by atoms with Gasteiger partial charge in [0.2, 0.25) is 8.32 Å². The van der Waals surface area contributed by atoms with Crippen molar-refractivity contribution in [2.24, 2.45) is 0 Å². The summed E-state index contributed by atoms with van der Waals surface area (Å²) in [5, 5.41) is 41.5. The molecular weight excluding hydrogens is 692 g/mol. The van der Waals surface area contributed by atoms with E-state index in [-0.39, 0.29) is 28.3 Å². The van der Waals surface area contributed by atoms with Gasteiger partial charge in [0.1, 0.15) is 11.5 Å². The minimum Gasteiger partial charge on any atom is -0.520 e. The van der Waals surface area contributed by atoms with Crippen molar-refractivity contribution in [3.63, 3.8) is 0 Å². The maximum atomic E-state index is 11.9. The lowest BCUT2D eigenvalue weighted by Crippen LogP contribution is -2.31. The highest BCUT2D eigenvalue weighted by atomic mass is 79.9. The Hall–Kier alpha value is -3.65. The Morgan fingerprint density at radius 3 is 1.45 bits per heavy atom. The molecule has 0 saturated carbocycles. The Bertz CT molecular complexity index is 1480. The van der Waals surface area contributed by atoms with E-state index >= 15 is 0 Å². The normalized spacial score (nSPS) is 11.6. The third kappa shape index (κ3) is 12.8. The quantitative estimate of drug-likeness (QED) is 0.0916. The van der Waals surface area contributed by atoms with Crippen LogP contribution in [0.5, 0.6) is 11.5 Å². The predicted octanol–water partition coefficient (Wildman–Crippen LogP) is 9.14. The molecule has 0 aliphatic heterocycles. The molecule has 0 bridgehead atoms. The summed E-state index contributed by atoms with van der Waals surface area (Å²) in [7, 11) is 1.42. The topological polar surface area (TPSA) is 172 Å². The number of hydrogen-bond acceptors (Lipinski definition) is 10.